The molecule has 0 unspecified atom stereocenters. The Balaban J connectivity index is 2.02. The number of carbonyl (C=O) groups excluding carboxylic acids is 2. The fourth-order valence-electron chi connectivity index (χ4n) is 1.76. The number of carbonyl (C=O) groups is 2. The van der Waals surface area contributed by atoms with Gasteiger partial charge in [0.25, 0.3) is 0 Å². The molecule has 2 rings (SSSR count). The van der Waals surface area contributed by atoms with Crippen LogP contribution in [0.3, 0.4) is 0 Å². The lowest BCUT2D eigenvalue weighted by molar-refractivity contribution is -0.120. The van der Waals surface area contributed by atoms with E-state index >= 15 is 0 Å². The van der Waals surface area contributed by atoms with Crippen molar-refractivity contribution in [1.29, 1.82) is 0 Å². The van der Waals surface area contributed by atoms with Crippen LogP contribution in [0.15, 0.2) is 18.2 Å². The topological polar surface area (TPSA) is 61.4 Å². The lowest BCUT2D eigenvalue weighted by Gasteiger charge is -2.20. The normalized spacial score (nSPS) is 15.7. The van der Waals surface area contributed by atoms with E-state index in [0.29, 0.717) is 19.2 Å². The van der Waals surface area contributed by atoms with E-state index < -0.39 is 17.7 Å². The van der Waals surface area contributed by atoms with Gasteiger partial charge < -0.3 is 15.5 Å². The van der Waals surface area contributed by atoms with E-state index in [1.54, 1.807) is 0 Å². The molecule has 0 spiro atoms. The summed E-state index contributed by atoms with van der Waals surface area (Å²) in [5.41, 5.74) is -0.0880. The predicted octanol–water partition coefficient (Wildman–Crippen LogP) is 1.32. The van der Waals surface area contributed by atoms with Crippen LogP contribution >= 0.6 is 0 Å². The summed E-state index contributed by atoms with van der Waals surface area (Å²) in [6, 6.07) is 2.40. The molecular weight excluding hydrogens is 256 g/mol. The lowest BCUT2D eigenvalue weighted by Crippen LogP contribution is -2.37. The van der Waals surface area contributed by atoms with E-state index in [1.807, 2.05) is 0 Å². The molecule has 1 heterocycles. The first-order valence-corrected chi connectivity index (χ1v) is 5.84. The molecule has 0 aromatic heterocycles. The van der Waals surface area contributed by atoms with Gasteiger partial charge in [-0.3, -0.25) is 4.79 Å². The summed E-state index contributed by atoms with van der Waals surface area (Å²) in [5, 5.41) is 4.98. The standard InChI is InChI=1S/C12H13F2N3O2/c13-8-1-2-10(9(14)7-8)16-12(19)17-5-3-11(18)15-4-6-17/h1-2,7H,3-6H2,(H,15,18)(H,16,19). The van der Waals surface area contributed by atoms with Crippen molar-refractivity contribution in [2.24, 2.45) is 0 Å². The molecule has 0 atom stereocenters. The third-order valence-corrected chi connectivity index (χ3v) is 2.77. The Bertz CT molecular complexity index is 508. The summed E-state index contributed by atoms with van der Waals surface area (Å²) in [5.74, 6) is -1.67. The fourth-order valence-corrected chi connectivity index (χ4v) is 1.76. The minimum Gasteiger partial charge on any atom is -0.354 e. The van der Waals surface area contributed by atoms with Gasteiger partial charge >= 0.3 is 6.03 Å². The van der Waals surface area contributed by atoms with Crippen molar-refractivity contribution in [3.63, 3.8) is 0 Å². The lowest BCUT2D eigenvalue weighted by atomic mass is 10.3. The number of nitrogens with one attached hydrogen (secondary N) is 2. The third kappa shape index (κ3) is 3.40. The summed E-state index contributed by atoms with van der Waals surface area (Å²) < 4.78 is 26.1. The summed E-state index contributed by atoms with van der Waals surface area (Å²) >= 11 is 0. The van der Waals surface area contributed by atoms with Gasteiger partial charge in [-0.15, -0.1) is 0 Å². The molecule has 0 saturated carbocycles. The number of amides is 3. The Hall–Kier alpha value is -2.18. The van der Waals surface area contributed by atoms with Crippen molar-refractivity contribution < 1.29 is 18.4 Å². The minimum absolute atomic E-state index is 0.0880. The van der Waals surface area contributed by atoms with Crippen molar-refractivity contribution in [2.45, 2.75) is 6.42 Å². The van der Waals surface area contributed by atoms with Gasteiger partial charge in [-0.1, -0.05) is 0 Å². The zero-order valence-corrected chi connectivity index (χ0v) is 10.1. The Morgan fingerprint density at radius 2 is 2.11 bits per heavy atom. The highest BCUT2D eigenvalue weighted by atomic mass is 19.1. The summed E-state index contributed by atoms with van der Waals surface area (Å²) in [4.78, 5) is 24.4. The first-order valence-electron chi connectivity index (χ1n) is 5.84. The van der Waals surface area contributed by atoms with Crippen LogP contribution in [0, 0.1) is 11.6 Å². The highest BCUT2D eigenvalue weighted by molar-refractivity contribution is 5.90. The van der Waals surface area contributed by atoms with E-state index in [2.05, 4.69) is 10.6 Å². The SMILES string of the molecule is O=C1CCN(C(=O)Nc2ccc(F)cc2F)CCN1. The van der Waals surface area contributed by atoms with E-state index in [4.69, 9.17) is 0 Å². The second-order valence-corrected chi connectivity index (χ2v) is 4.14. The highest BCUT2D eigenvalue weighted by Gasteiger charge is 2.19. The first-order chi connectivity index (χ1) is 9.06. The summed E-state index contributed by atoms with van der Waals surface area (Å²) in [7, 11) is 0. The molecule has 1 aliphatic heterocycles. The maximum atomic E-state index is 13.4. The molecule has 0 radical (unpaired) electrons. The minimum atomic E-state index is -0.836. The Kier molecular flexibility index (Phi) is 3.94. The molecule has 7 heteroatoms. The number of hydrogen-bond acceptors (Lipinski definition) is 2. The first kappa shape index (κ1) is 13.3. The maximum absolute atomic E-state index is 13.4. The number of nitrogens with zero attached hydrogens (tertiary/aromatic N) is 1. The van der Waals surface area contributed by atoms with Gasteiger partial charge in [-0.05, 0) is 12.1 Å². The van der Waals surface area contributed by atoms with Crippen molar-refractivity contribution >= 4 is 17.6 Å². The van der Waals surface area contributed by atoms with Crippen LogP contribution in [0.1, 0.15) is 6.42 Å². The Morgan fingerprint density at radius 1 is 1.32 bits per heavy atom. The van der Waals surface area contributed by atoms with Crippen LogP contribution in [0.2, 0.25) is 0 Å². The van der Waals surface area contributed by atoms with Gasteiger partial charge in [0.15, 0.2) is 0 Å². The van der Waals surface area contributed by atoms with Crippen molar-refractivity contribution in [3.05, 3.63) is 29.8 Å². The summed E-state index contributed by atoms with van der Waals surface area (Å²) in [6.45, 7) is 0.971. The predicted molar refractivity (Wildman–Crippen MR) is 64.6 cm³/mol. The third-order valence-electron chi connectivity index (χ3n) is 2.77. The van der Waals surface area contributed by atoms with E-state index in [9.17, 15) is 18.4 Å². The average molecular weight is 269 g/mol. The molecular formula is C12H13F2N3O2. The molecule has 1 fully saturated rings. The van der Waals surface area contributed by atoms with Crippen molar-refractivity contribution in [3.8, 4) is 0 Å². The quantitative estimate of drug-likeness (QED) is 0.807. The number of anilines is 1. The zero-order chi connectivity index (χ0) is 13.8. The molecule has 5 nitrogen and oxygen atoms in total. The van der Waals surface area contributed by atoms with Gasteiger partial charge in [0.05, 0.1) is 5.69 Å². The van der Waals surface area contributed by atoms with Crippen LogP contribution in [-0.2, 0) is 4.79 Å². The van der Waals surface area contributed by atoms with E-state index in [1.165, 1.54) is 4.90 Å². The smallest absolute Gasteiger partial charge is 0.322 e. The molecule has 3 amide bonds. The van der Waals surface area contributed by atoms with Crippen LogP contribution < -0.4 is 10.6 Å². The zero-order valence-electron chi connectivity index (χ0n) is 10.1. The Morgan fingerprint density at radius 3 is 2.84 bits per heavy atom. The van der Waals surface area contributed by atoms with Crippen molar-refractivity contribution in [2.75, 3.05) is 25.0 Å². The molecule has 19 heavy (non-hydrogen) atoms. The van der Waals surface area contributed by atoms with Gasteiger partial charge in [-0.2, -0.15) is 0 Å². The molecule has 2 N–H and O–H groups in total. The number of rotatable bonds is 1. The molecule has 1 aliphatic rings. The van der Waals surface area contributed by atoms with Crippen LogP contribution in [0.5, 0.6) is 0 Å². The molecule has 102 valence electrons. The number of benzene rings is 1. The van der Waals surface area contributed by atoms with Crippen LogP contribution in [-0.4, -0.2) is 36.5 Å². The Labute approximate surface area is 108 Å². The average Bonchev–Trinajstić information content (AvgIpc) is 2.57. The highest BCUT2D eigenvalue weighted by Crippen LogP contribution is 2.15. The van der Waals surface area contributed by atoms with Gasteiger partial charge in [0, 0.05) is 32.1 Å². The molecule has 0 aliphatic carbocycles. The molecule has 1 aromatic rings. The number of halogens is 2. The second-order valence-electron chi connectivity index (χ2n) is 4.14. The molecule has 0 bridgehead atoms. The van der Waals surface area contributed by atoms with Gasteiger partial charge in [-0.25, -0.2) is 13.6 Å². The van der Waals surface area contributed by atoms with Crippen LogP contribution in [0.25, 0.3) is 0 Å². The van der Waals surface area contributed by atoms with E-state index in [0.717, 1.165) is 12.1 Å². The van der Waals surface area contributed by atoms with Crippen LogP contribution in [0.4, 0.5) is 19.3 Å². The fraction of sp³-hybridized carbons (Fsp3) is 0.333. The van der Waals surface area contributed by atoms with E-state index in [-0.39, 0.29) is 24.6 Å². The molecule has 1 saturated heterocycles. The summed E-state index contributed by atoms with van der Waals surface area (Å²) in [6.07, 6.45) is 0.208. The largest absolute Gasteiger partial charge is 0.354 e. The second kappa shape index (κ2) is 5.64. The van der Waals surface area contributed by atoms with Gasteiger partial charge in [0.2, 0.25) is 5.91 Å². The number of urea groups is 1. The monoisotopic (exact) mass is 269 g/mol. The molecule has 1 aromatic carbocycles. The number of hydrogen-bond donors (Lipinski definition) is 2. The maximum Gasteiger partial charge on any atom is 0.322 e. The van der Waals surface area contributed by atoms with Gasteiger partial charge in [0.1, 0.15) is 11.6 Å². The van der Waals surface area contributed by atoms with Crippen molar-refractivity contribution in [1.82, 2.24) is 10.2 Å².